The quantitative estimate of drug-likeness (QED) is 0.449. The summed E-state index contributed by atoms with van der Waals surface area (Å²) in [6, 6.07) is 17.8. The maximum atomic E-state index is 12.1. The summed E-state index contributed by atoms with van der Waals surface area (Å²) in [6.45, 7) is 0.415. The van der Waals surface area contributed by atoms with Gasteiger partial charge >= 0.3 is 0 Å². The summed E-state index contributed by atoms with van der Waals surface area (Å²) in [6.07, 6.45) is 0. The fourth-order valence-electron chi connectivity index (χ4n) is 2.80. The van der Waals surface area contributed by atoms with E-state index < -0.39 is 10.0 Å². The molecule has 1 amide bonds. The molecule has 0 radical (unpaired) electrons. The molecule has 7 nitrogen and oxygen atoms in total. The third kappa shape index (κ3) is 5.75. The average molecular weight is 507 g/mol. The predicted molar refractivity (Wildman–Crippen MR) is 123 cm³/mol. The van der Waals surface area contributed by atoms with Crippen LogP contribution in [-0.2, 0) is 14.8 Å². The van der Waals surface area contributed by atoms with Crippen LogP contribution in [0.4, 0.5) is 0 Å². The Bertz CT molecular complexity index is 1160. The van der Waals surface area contributed by atoms with E-state index in [-0.39, 0.29) is 24.0 Å². The largest absolute Gasteiger partial charge is 0.492 e. The van der Waals surface area contributed by atoms with Gasteiger partial charge in [0.1, 0.15) is 18.1 Å². The van der Waals surface area contributed by atoms with Crippen LogP contribution < -0.4 is 14.8 Å². The van der Waals surface area contributed by atoms with Gasteiger partial charge in [0, 0.05) is 14.1 Å². The molecule has 31 heavy (non-hydrogen) atoms. The topological polar surface area (TPSA) is 84.9 Å². The van der Waals surface area contributed by atoms with Crippen molar-refractivity contribution < 1.29 is 22.7 Å². The van der Waals surface area contributed by atoms with Gasteiger partial charge in [0.15, 0.2) is 6.61 Å². The third-order valence-electron chi connectivity index (χ3n) is 4.48. The Hall–Kier alpha value is -2.62. The second kappa shape index (κ2) is 10.1. The summed E-state index contributed by atoms with van der Waals surface area (Å²) in [5.41, 5.74) is 0. The second-order valence-electron chi connectivity index (χ2n) is 6.84. The molecule has 0 spiro atoms. The number of carbonyl (C=O) groups is 1. The summed E-state index contributed by atoms with van der Waals surface area (Å²) in [5, 5.41) is 4.82. The minimum atomic E-state index is -3.47. The van der Waals surface area contributed by atoms with E-state index in [2.05, 4.69) is 21.2 Å². The van der Waals surface area contributed by atoms with Gasteiger partial charge in [0.25, 0.3) is 5.91 Å². The summed E-state index contributed by atoms with van der Waals surface area (Å²) < 4.78 is 37.2. The standard InChI is InChI=1S/C22H23BrN2O5S/c1-25(2)31(27,28)18-10-8-17(9-11-18)29-14-13-24-21(26)15-30-20-12-7-16-5-3-4-6-19(16)22(20)23/h3-12H,13-15H2,1-2H3,(H,24,26). The Kier molecular flexibility index (Phi) is 7.53. The van der Waals surface area contributed by atoms with Gasteiger partial charge in [0.2, 0.25) is 10.0 Å². The normalized spacial score (nSPS) is 11.5. The van der Waals surface area contributed by atoms with Crippen molar-refractivity contribution in [1.29, 1.82) is 0 Å². The Labute approximate surface area is 190 Å². The summed E-state index contributed by atoms with van der Waals surface area (Å²) in [5.74, 6) is 0.845. The van der Waals surface area contributed by atoms with Crippen molar-refractivity contribution in [1.82, 2.24) is 9.62 Å². The molecular weight excluding hydrogens is 484 g/mol. The van der Waals surface area contributed by atoms with Gasteiger partial charge in [-0.25, -0.2) is 12.7 Å². The van der Waals surface area contributed by atoms with Crippen molar-refractivity contribution in [3.05, 3.63) is 65.1 Å². The Morgan fingerprint density at radius 3 is 2.42 bits per heavy atom. The number of fused-ring (bicyclic) bond motifs is 1. The van der Waals surface area contributed by atoms with E-state index in [1.165, 1.54) is 26.2 Å². The number of benzene rings is 3. The Morgan fingerprint density at radius 1 is 1.00 bits per heavy atom. The first-order valence-corrected chi connectivity index (χ1v) is 11.7. The van der Waals surface area contributed by atoms with Crippen LogP contribution in [0.25, 0.3) is 10.8 Å². The molecule has 0 aliphatic heterocycles. The molecule has 0 heterocycles. The molecule has 1 N–H and O–H groups in total. The monoisotopic (exact) mass is 506 g/mol. The van der Waals surface area contributed by atoms with Crippen molar-refractivity contribution in [3.63, 3.8) is 0 Å². The fourth-order valence-corrected chi connectivity index (χ4v) is 4.31. The molecule has 3 aromatic carbocycles. The number of rotatable bonds is 9. The minimum absolute atomic E-state index is 0.117. The summed E-state index contributed by atoms with van der Waals surface area (Å²) in [4.78, 5) is 12.2. The molecule has 0 bridgehead atoms. The SMILES string of the molecule is CN(C)S(=O)(=O)c1ccc(OCCNC(=O)COc2ccc3ccccc3c2Br)cc1. The smallest absolute Gasteiger partial charge is 0.258 e. The van der Waals surface area contributed by atoms with Gasteiger partial charge in [-0.15, -0.1) is 0 Å². The van der Waals surface area contributed by atoms with Crippen LogP contribution in [0.5, 0.6) is 11.5 Å². The molecule has 0 saturated heterocycles. The van der Waals surface area contributed by atoms with Crippen molar-refractivity contribution >= 4 is 42.6 Å². The Balaban J connectivity index is 1.43. The second-order valence-corrected chi connectivity index (χ2v) is 9.79. The maximum Gasteiger partial charge on any atom is 0.258 e. The number of amides is 1. The van der Waals surface area contributed by atoms with Crippen LogP contribution in [0.15, 0.2) is 70.0 Å². The van der Waals surface area contributed by atoms with Crippen LogP contribution in [0.2, 0.25) is 0 Å². The van der Waals surface area contributed by atoms with Gasteiger partial charge in [-0.1, -0.05) is 30.3 Å². The molecule has 164 valence electrons. The highest BCUT2D eigenvalue weighted by Gasteiger charge is 2.16. The molecule has 0 aliphatic rings. The number of hydrogen-bond acceptors (Lipinski definition) is 5. The predicted octanol–water partition coefficient (Wildman–Crippen LogP) is 3.43. The molecule has 0 aromatic heterocycles. The number of sulfonamides is 1. The molecule has 0 unspecified atom stereocenters. The Morgan fingerprint density at radius 2 is 1.71 bits per heavy atom. The first-order valence-electron chi connectivity index (χ1n) is 9.51. The summed E-state index contributed by atoms with van der Waals surface area (Å²) in [7, 11) is -0.517. The lowest BCUT2D eigenvalue weighted by Crippen LogP contribution is -2.32. The summed E-state index contributed by atoms with van der Waals surface area (Å²) >= 11 is 3.53. The average Bonchev–Trinajstić information content (AvgIpc) is 2.76. The molecule has 3 rings (SSSR count). The van der Waals surface area contributed by atoms with Crippen LogP contribution in [0.1, 0.15) is 0 Å². The number of nitrogens with one attached hydrogen (secondary N) is 1. The van der Waals surface area contributed by atoms with Crippen molar-refractivity contribution in [2.75, 3.05) is 33.9 Å². The lowest BCUT2D eigenvalue weighted by Gasteiger charge is -2.12. The van der Waals surface area contributed by atoms with E-state index in [0.717, 1.165) is 19.6 Å². The zero-order valence-electron chi connectivity index (χ0n) is 17.2. The molecule has 0 fully saturated rings. The minimum Gasteiger partial charge on any atom is -0.492 e. The number of carbonyl (C=O) groups excluding carboxylic acids is 1. The van der Waals surface area contributed by atoms with E-state index in [9.17, 15) is 13.2 Å². The van der Waals surface area contributed by atoms with Crippen molar-refractivity contribution in [2.45, 2.75) is 4.90 Å². The van der Waals surface area contributed by atoms with Crippen LogP contribution in [-0.4, -0.2) is 52.5 Å². The maximum absolute atomic E-state index is 12.1. The van der Waals surface area contributed by atoms with E-state index in [0.29, 0.717) is 18.0 Å². The van der Waals surface area contributed by atoms with Gasteiger partial charge in [-0.3, -0.25) is 4.79 Å². The number of hydrogen-bond donors (Lipinski definition) is 1. The zero-order chi connectivity index (χ0) is 22.4. The van der Waals surface area contributed by atoms with E-state index in [4.69, 9.17) is 9.47 Å². The van der Waals surface area contributed by atoms with Crippen molar-refractivity contribution in [2.24, 2.45) is 0 Å². The number of nitrogens with zero attached hydrogens (tertiary/aromatic N) is 1. The molecule has 3 aromatic rings. The lowest BCUT2D eigenvalue weighted by atomic mass is 10.1. The van der Waals surface area contributed by atoms with Gasteiger partial charge in [-0.05, 0) is 57.0 Å². The third-order valence-corrected chi connectivity index (χ3v) is 7.13. The molecular formula is C22H23BrN2O5S. The van der Waals surface area contributed by atoms with Crippen LogP contribution >= 0.6 is 15.9 Å². The van der Waals surface area contributed by atoms with Crippen molar-refractivity contribution in [3.8, 4) is 11.5 Å². The molecule has 0 aliphatic carbocycles. The highest BCUT2D eigenvalue weighted by Crippen LogP contribution is 2.32. The molecule has 0 saturated carbocycles. The van der Waals surface area contributed by atoms with E-state index in [1.807, 2.05) is 36.4 Å². The fraction of sp³-hybridized carbons (Fsp3) is 0.227. The van der Waals surface area contributed by atoms with Gasteiger partial charge in [0.05, 0.1) is 15.9 Å². The van der Waals surface area contributed by atoms with E-state index >= 15 is 0 Å². The van der Waals surface area contributed by atoms with E-state index in [1.54, 1.807) is 12.1 Å². The molecule has 9 heteroatoms. The lowest BCUT2D eigenvalue weighted by molar-refractivity contribution is -0.123. The van der Waals surface area contributed by atoms with Gasteiger partial charge in [-0.2, -0.15) is 0 Å². The number of halogens is 1. The highest BCUT2D eigenvalue weighted by atomic mass is 79.9. The zero-order valence-corrected chi connectivity index (χ0v) is 19.6. The first kappa shape index (κ1) is 23.1. The highest BCUT2D eigenvalue weighted by molar-refractivity contribution is 9.10. The molecule has 0 atom stereocenters. The van der Waals surface area contributed by atoms with Crippen LogP contribution in [0, 0.1) is 0 Å². The number of ether oxygens (including phenoxy) is 2. The van der Waals surface area contributed by atoms with Crippen LogP contribution in [0.3, 0.4) is 0 Å². The first-order chi connectivity index (χ1) is 14.8. The van der Waals surface area contributed by atoms with Gasteiger partial charge < -0.3 is 14.8 Å².